The fourth-order valence-corrected chi connectivity index (χ4v) is 4.35. The number of anilines is 1. The minimum atomic E-state index is -0.00377. The summed E-state index contributed by atoms with van der Waals surface area (Å²) in [5.74, 6) is 0.701. The molecule has 1 unspecified atom stereocenters. The summed E-state index contributed by atoms with van der Waals surface area (Å²) in [6, 6.07) is 5.62. The molecule has 26 heavy (non-hydrogen) atoms. The molecule has 0 spiro atoms. The number of carbonyl (C=O) groups excluding carboxylic acids is 2. The van der Waals surface area contributed by atoms with E-state index in [1.54, 1.807) is 23.6 Å². The van der Waals surface area contributed by atoms with Crippen LogP contribution in [0.3, 0.4) is 0 Å². The number of aromatic nitrogens is 1. The lowest BCUT2D eigenvalue weighted by molar-refractivity contribution is -0.137. The van der Waals surface area contributed by atoms with Gasteiger partial charge in [-0.05, 0) is 49.4 Å². The van der Waals surface area contributed by atoms with Crippen molar-refractivity contribution in [1.82, 2.24) is 9.88 Å². The van der Waals surface area contributed by atoms with Crippen LogP contribution in [0.5, 0.6) is 5.75 Å². The van der Waals surface area contributed by atoms with Crippen LogP contribution in [0.4, 0.5) is 5.69 Å². The Morgan fingerprint density at radius 1 is 1.35 bits per heavy atom. The molecule has 2 aromatic rings. The Morgan fingerprint density at radius 2 is 2.27 bits per heavy atom. The summed E-state index contributed by atoms with van der Waals surface area (Å²) in [7, 11) is 0. The van der Waals surface area contributed by atoms with Gasteiger partial charge in [0.15, 0.2) is 6.61 Å². The second-order valence-electron chi connectivity index (χ2n) is 6.62. The molecule has 1 atom stereocenters. The fraction of sp³-hybridized carbons (Fsp3) is 0.421. The van der Waals surface area contributed by atoms with E-state index in [-0.39, 0.29) is 24.5 Å². The molecule has 1 aromatic carbocycles. The van der Waals surface area contributed by atoms with Crippen LogP contribution in [0.25, 0.3) is 0 Å². The van der Waals surface area contributed by atoms with Gasteiger partial charge in [-0.15, -0.1) is 11.3 Å². The number of rotatable bonds is 4. The molecule has 0 aliphatic carbocycles. The highest BCUT2D eigenvalue weighted by Gasteiger charge is 2.29. The van der Waals surface area contributed by atoms with E-state index >= 15 is 0 Å². The number of nitrogens with one attached hydrogen (secondary N) is 1. The van der Waals surface area contributed by atoms with E-state index in [0.717, 1.165) is 42.1 Å². The maximum absolute atomic E-state index is 12.7. The van der Waals surface area contributed by atoms with Crippen LogP contribution >= 0.6 is 11.3 Å². The van der Waals surface area contributed by atoms with Gasteiger partial charge in [-0.2, -0.15) is 0 Å². The third kappa shape index (κ3) is 3.58. The van der Waals surface area contributed by atoms with E-state index in [0.29, 0.717) is 18.6 Å². The number of benzene rings is 1. The third-order valence-corrected chi connectivity index (χ3v) is 5.77. The molecule has 0 saturated carbocycles. The van der Waals surface area contributed by atoms with Crippen molar-refractivity contribution >= 4 is 28.8 Å². The molecule has 1 saturated heterocycles. The van der Waals surface area contributed by atoms with Crippen LogP contribution in [-0.4, -0.2) is 34.8 Å². The van der Waals surface area contributed by atoms with E-state index < -0.39 is 0 Å². The summed E-state index contributed by atoms with van der Waals surface area (Å²) in [5.41, 5.74) is 1.88. The highest BCUT2D eigenvalue weighted by Crippen LogP contribution is 2.32. The molecule has 136 valence electrons. The van der Waals surface area contributed by atoms with E-state index in [1.165, 1.54) is 0 Å². The first kappa shape index (κ1) is 17.0. The van der Waals surface area contributed by atoms with Gasteiger partial charge in [0, 0.05) is 30.2 Å². The first-order valence-electron chi connectivity index (χ1n) is 8.95. The van der Waals surface area contributed by atoms with Gasteiger partial charge < -0.3 is 15.0 Å². The molecule has 0 bridgehead atoms. The Hall–Kier alpha value is -2.41. The van der Waals surface area contributed by atoms with Crippen molar-refractivity contribution in [2.45, 2.75) is 38.1 Å². The molecule has 2 aliphatic rings. The van der Waals surface area contributed by atoms with Crippen molar-refractivity contribution in [2.75, 3.05) is 18.5 Å². The molecule has 2 aliphatic heterocycles. The van der Waals surface area contributed by atoms with Crippen molar-refractivity contribution in [3.63, 3.8) is 0 Å². The van der Waals surface area contributed by atoms with Gasteiger partial charge in [-0.3, -0.25) is 9.59 Å². The number of amides is 2. The Kier molecular flexibility index (Phi) is 4.88. The molecular weight excluding hydrogens is 350 g/mol. The van der Waals surface area contributed by atoms with Gasteiger partial charge in [-0.1, -0.05) is 0 Å². The number of piperidine rings is 1. The summed E-state index contributed by atoms with van der Waals surface area (Å²) in [5, 5.41) is 5.81. The van der Waals surface area contributed by atoms with Crippen LogP contribution in [0, 0.1) is 0 Å². The third-order valence-electron chi connectivity index (χ3n) is 4.89. The monoisotopic (exact) mass is 371 g/mol. The second-order valence-corrected chi connectivity index (χ2v) is 7.55. The zero-order valence-electron chi connectivity index (χ0n) is 14.4. The average Bonchev–Trinajstić information content (AvgIpc) is 3.20. The Bertz CT molecular complexity index is 806. The zero-order valence-corrected chi connectivity index (χ0v) is 15.3. The average molecular weight is 371 g/mol. The van der Waals surface area contributed by atoms with Gasteiger partial charge in [-0.25, -0.2) is 4.98 Å². The van der Waals surface area contributed by atoms with Crippen molar-refractivity contribution in [1.29, 1.82) is 0 Å². The summed E-state index contributed by atoms with van der Waals surface area (Å²) < 4.78 is 5.76. The molecule has 7 heteroatoms. The maximum atomic E-state index is 12.7. The largest absolute Gasteiger partial charge is 0.484 e. The van der Waals surface area contributed by atoms with Gasteiger partial charge in [0.2, 0.25) is 5.91 Å². The van der Waals surface area contributed by atoms with E-state index in [1.807, 2.05) is 22.4 Å². The number of hydrogen-bond acceptors (Lipinski definition) is 5. The molecule has 2 amide bonds. The van der Waals surface area contributed by atoms with Crippen LogP contribution < -0.4 is 10.1 Å². The van der Waals surface area contributed by atoms with E-state index in [9.17, 15) is 9.59 Å². The van der Waals surface area contributed by atoms with Gasteiger partial charge in [0.25, 0.3) is 5.91 Å². The predicted molar refractivity (Wildman–Crippen MR) is 99.3 cm³/mol. The van der Waals surface area contributed by atoms with E-state index in [4.69, 9.17) is 4.74 Å². The number of nitrogens with zero attached hydrogens (tertiary/aromatic N) is 2. The van der Waals surface area contributed by atoms with E-state index in [2.05, 4.69) is 10.3 Å². The van der Waals surface area contributed by atoms with Crippen molar-refractivity contribution in [3.8, 4) is 5.75 Å². The number of hydrogen-bond donors (Lipinski definition) is 1. The number of likely N-dealkylation sites (tertiary alicyclic amines) is 1. The topological polar surface area (TPSA) is 71.5 Å². The zero-order chi connectivity index (χ0) is 17.9. The molecule has 3 heterocycles. The SMILES string of the molecule is O=C1CCc2cc(OCC(=O)N3CCCCC3c3nccs3)ccc2N1. The summed E-state index contributed by atoms with van der Waals surface area (Å²) in [6.07, 6.45) is 6.07. The van der Waals surface area contributed by atoms with Crippen LogP contribution in [0.15, 0.2) is 29.8 Å². The number of ether oxygens (including phenoxy) is 1. The lowest BCUT2D eigenvalue weighted by atomic mass is 10.0. The fourth-order valence-electron chi connectivity index (χ4n) is 3.56. The second kappa shape index (κ2) is 7.45. The van der Waals surface area contributed by atoms with Crippen molar-refractivity contribution in [2.24, 2.45) is 0 Å². The van der Waals surface area contributed by atoms with Gasteiger partial charge in [0.05, 0.1) is 6.04 Å². The molecule has 6 nitrogen and oxygen atoms in total. The Labute approximate surface area is 156 Å². The molecular formula is C19H21N3O3S. The van der Waals surface area contributed by atoms with Crippen LogP contribution in [-0.2, 0) is 16.0 Å². The smallest absolute Gasteiger partial charge is 0.261 e. The summed E-state index contributed by atoms with van der Waals surface area (Å²) in [4.78, 5) is 30.5. The minimum absolute atomic E-state index is 0.00377. The molecule has 1 N–H and O–H groups in total. The standard InChI is InChI=1S/C19H21N3O3S/c23-17-7-4-13-11-14(5-6-15(13)21-17)25-12-18(24)22-9-2-1-3-16(22)19-20-8-10-26-19/h5-6,8,10-11,16H,1-4,7,9,12H2,(H,21,23). The highest BCUT2D eigenvalue weighted by molar-refractivity contribution is 7.09. The molecule has 1 aromatic heterocycles. The highest BCUT2D eigenvalue weighted by atomic mass is 32.1. The molecule has 0 radical (unpaired) electrons. The Morgan fingerprint density at radius 3 is 3.12 bits per heavy atom. The van der Waals surface area contributed by atoms with Crippen LogP contribution in [0.1, 0.15) is 42.3 Å². The first-order chi connectivity index (χ1) is 12.7. The quantitative estimate of drug-likeness (QED) is 0.896. The number of thiazole rings is 1. The normalized spacial score (nSPS) is 19.6. The maximum Gasteiger partial charge on any atom is 0.261 e. The summed E-state index contributed by atoms with van der Waals surface area (Å²) in [6.45, 7) is 0.773. The minimum Gasteiger partial charge on any atom is -0.484 e. The predicted octanol–water partition coefficient (Wildman–Crippen LogP) is 3.16. The van der Waals surface area contributed by atoms with Crippen molar-refractivity contribution < 1.29 is 14.3 Å². The lowest BCUT2D eigenvalue weighted by Gasteiger charge is -2.34. The van der Waals surface area contributed by atoms with Crippen LogP contribution in [0.2, 0.25) is 0 Å². The molecule has 4 rings (SSSR count). The number of aryl methyl sites for hydroxylation is 1. The lowest BCUT2D eigenvalue weighted by Crippen LogP contribution is -2.41. The number of fused-ring (bicyclic) bond motifs is 1. The first-order valence-corrected chi connectivity index (χ1v) is 9.83. The van der Waals surface area contributed by atoms with Gasteiger partial charge in [0.1, 0.15) is 10.8 Å². The summed E-state index contributed by atoms with van der Waals surface area (Å²) >= 11 is 1.60. The Balaban J connectivity index is 1.41. The van der Waals surface area contributed by atoms with Gasteiger partial charge >= 0.3 is 0 Å². The van der Waals surface area contributed by atoms with Crippen molar-refractivity contribution in [3.05, 3.63) is 40.3 Å². The molecule has 1 fully saturated rings. The number of carbonyl (C=O) groups is 2.